The predicted octanol–water partition coefficient (Wildman–Crippen LogP) is 5.98. The second-order valence-corrected chi connectivity index (χ2v) is 5.37. The molecule has 2 unspecified atom stereocenters. The summed E-state index contributed by atoms with van der Waals surface area (Å²) in [5, 5.41) is 0. The van der Waals surface area contributed by atoms with E-state index in [1.165, 1.54) is 56.9 Å². The third-order valence-electron chi connectivity index (χ3n) is 3.66. The van der Waals surface area contributed by atoms with Gasteiger partial charge in [0.15, 0.2) is 0 Å². The zero-order chi connectivity index (χ0) is 12.4. The highest BCUT2D eigenvalue weighted by molar-refractivity contribution is 4.91. The van der Waals surface area contributed by atoms with Crippen molar-refractivity contribution in [2.24, 2.45) is 11.8 Å². The number of unbranched alkanes of at least 4 members (excludes halogenated alkanes) is 2. The van der Waals surface area contributed by atoms with E-state index in [0.717, 1.165) is 11.8 Å². The standard InChI is InChI=1S/C16H32/c1-6-9-11-15(8-3)16(12-10-7-2)13-14(4)5/h15-16H,4,6-13H2,1-3,5H3. The van der Waals surface area contributed by atoms with E-state index in [9.17, 15) is 0 Å². The van der Waals surface area contributed by atoms with Crippen LogP contribution in [0.4, 0.5) is 0 Å². The van der Waals surface area contributed by atoms with E-state index in [-0.39, 0.29) is 0 Å². The largest absolute Gasteiger partial charge is 0.100 e. The minimum atomic E-state index is 0.897. The van der Waals surface area contributed by atoms with Gasteiger partial charge < -0.3 is 0 Å². The fourth-order valence-electron chi connectivity index (χ4n) is 2.66. The molecule has 0 spiro atoms. The van der Waals surface area contributed by atoms with Gasteiger partial charge in [-0.15, -0.1) is 6.58 Å². The molecule has 0 saturated heterocycles. The summed E-state index contributed by atoms with van der Waals surface area (Å²) in [4.78, 5) is 0. The van der Waals surface area contributed by atoms with Crippen molar-refractivity contribution in [3.63, 3.8) is 0 Å². The molecule has 16 heavy (non-hydrogen) atoms. The molecular formula is C16H32. The Hall–Kier alpha value is -0.260. The van der Waals surface area contributed by atoms with Gasteiger partial charge in [-0.05, 0) is 31.6 Å². The maximum absolute atomic E-state index is 4.10. The van der Waals surface area contributed by atoms with Crippen LogP contribution in [0.25, 0.3) is 0 Å². The first-order valence-corrected chi connectivity index (χ1v) is 7.29. The molecule has 0 amide bonds. The third kappa shape index (κ3) is 7.09. The van der Waals surface area contributed by atoms with Crippen LogP contribution in [0, 0.1) is 11.8 Å². The monoisotopic (exact) mass is 224 g/mol. The van der Waals surface area contributed by atoms with Crippen molar-refractivity contribution in [2.75, 3.05) is 0 Å². The number of hydrogen-bond donors (Lipinski definition) is 0. The Balaban J connectivity index is 4.23. The van der Waals surface area contributed by atoms with Gasteiger partial charge in [-0.2, -0.15) is 0 Å². The average molecular weight is 224 g/mol. The zero-order valence-electron chi connectivity index (χ0n) is 12.0. The van der Waals surface area contributed by atoms with Gasteiger partial charge in [-0.3, -0.25) is 0 Å². The van der Waals surface area contributed by atoms with E-state index in [1.54, 1.807) is 0 Å². The normalized spacial score (nSPS) is 14.8. The van der Waals surface area contributed by atoms with E-state index in [2.05, 4.69) is 34.3 Å². The Morgan fingerprint density at radius 3 is 1.81 bits per heavy atom. The van der Waals surface area contributed by atoms with Crippen molar-refractivity contribution in [1.82, 2.24) is 0 Å². The molecule has 0 bridgehead atoms. The molecule has 0 rings (SSSR count). The van der Waals surface area contributed by atoms with E-state index >= 15 is 0 Å². The summed E-state index contributed by atoms with van der Waals surface area (Å²) in [6.45, 7) is 13.2. The van der Waals surface area contributed by atoms with Gasteiger partial charge in [0, 0.05) is 0 Å². The van der Waals surface area contributed by atoms with Gasteiger partial charge in [0.1, 0.15) is 0 Å². The van der Waals surface area contributed by atoms with Crippen molar-refractivity contribution >= 4 is 0 Å². The van der Waals surface area contributed by atoms with Gasteiger partial charge in [0.2, 0.25) is 0 Å². The van der Waals surface area contributed by atoms with Crippen molar-refractivity contribution in [3.8, 4) is 0 Å². The van der Waals surface area contributed by atoms with Crippen LogP contribution in [-0.4, -0.2) is 0 Å². The van der Waals surface area contributed by atoms with Crippen LogP contribution < -0.4 is 0 Å². The molecule has 2 atom stereocenters. The maximum atomic E-state index is 4.10. The van der Waals surface area contributed by atoms with Crippen molar-refractivity contribution in [2.45, 2.75) is 79.1 Å². The second-order valence-electron chi connectivity index (χ2n) is 5.37. The summed E-state index contributed by atoms with van der Waals surface area (Å²) in [6, 6.07) is 0. The Bertz CT molecular complexity index is 169. The fraction of sp³-hybridized carbons (Fsp3) is 0.875. The molecule has 0 heterocycles. The summed E-state index contributed by atoms with van der Waals surface area (Å²) < 4.78 is 0. The molecule has 96 valence electrons. The van der Waals surface area contributed by atoms with E-state index in [1.807, 2.05) is 0 Å². The predicted molar refractivity (Wildman–Crippen MR) is 75.8 cm³/mol. The summed E-state index contributed by atoms with van der Waals surface area (Å²) in [6.07, 6.45) is 10.9. The molecule has 0 aromatic carbocycles. The molecule has 0 fully saturated rings. The van der Waals surface area contributed by atoms with Crippen molar-refractivity contribution < 1.29 is 0 Å². The van der Waals surface area contributed by atoms with Crippen LogP contribution in [0.1, 0.15) is 79.1 Å². The number of rotatable bonds is 10. The molecule has 0 heteroatoms. The van der Waals surface area contributed by atoms with Crippen LogP contribution in [0.5, 0.6) is 0 Å². The van der Waals surface area contributed by atoms with Crippen LogP contribution in [0.15, 0.2) is 12.2 Å². The number of allylic oxidation sites excluding steroid dienone is 1. The lowest BCUT2D eigenvalue weighted by atomic mass is 9.79. The molecule has 0 saturated carbocycles. The topological polar surface area (TPSA) is 0 Å². The molecule has 0 radical (unpaired) electrons. The second kappa shape index (κ2) is 9.93. The smallest absolute Gasteiger partial charge is 0.0295 e. The minimum Gasteiger partial charge on any atom is -0.100 e. The molecule has 0 N–H and O–H groups in total. The Morgan fingerprint density at radius 2 is 1.44 bits per heavy atom. The molecule has 0 aliphatic heterocycles. The third-order valence-corrected chi connectivity index (χ3v) is 3.66. The first-order valence-electron chi connectivity index (χ1n) is 7.29. The van der Waals surface area contributed by atoms with E-state index < -0.39 is 0 Å². The summed E-state index contributed by atoms with van der Waals surface area (Å²) in [5.74, 6) is 1.83. The number of hydrogen-bond acceptors (Lipinski definition) is 0. The van der Waals surface area contributed by atoms with Gasteiger partial charge in [-0.1, -0.05) is 64.9 Å². The highest BCUT2D eigenvalue weighted by Crippen LogP contribution is 2.31. The average Bonchev–Trinajstić information content (AvgIpc) is 2.25. The molecule has 0 aromatic rings. The van der Waals surface area contributed by atoms with Crippen LogP contribution in [0.2, 0.25) is 0 Å². The SMILES string of the molecule is C=C(C)CC(CCCC)C(CC)CCCC. The van der Waals surface area contributed by atoms with Crippen molar-refractivity contribution in [3.05, 3.63) is 12.2 Å². The maximum Gasteiger partial charge on any atom is -0.0295 e. The fourth-order valence-corrected chi connectivity index (χ4v) is 2.66. The lowest BCUT2D eigenvalue weighted by molar-refractivity contribution is 0.272. The Kier molecular flexibility index (Phi) is 9.77. The van der Waals surface area contributed by atoms with E-state index in [0.29, 0.717) is 0 Å². The molecule has 0 aliphatic rings. The molecule has 0 aliphatic carbocycles. The first-order chi connectivity index (χ1) is 7.65. The minimum absolute atomic E-state index is 0.897. The first kappa shape index (κ1) is 15.7. The zero-order valence-corrected chi connectivity index (χ0v) is 12.0. The van der Waals surface area contributed by atoms with Gasteiger partial charge >= 0.3 is 0 Å². The van der Waals surface area contributed by atoms with E-state index in [4.69, 9.17) is 0 Å². The highest BCUT2D eigenvalue weighted by Gasteiger charge is 2.18. The van der Waals surface area contributed by atoms with Crippen molar-refractivity contribution in [1.29, 1.82) is 0 Å². The molecular weight excluding hydrogens is 192 g/mol. The summed E-state index contributed by atoms with van der Waals surface area (Å²) >= 11 is 0. The van der Waals surface area contributed by atoms with Gasteiger partial charge in [0.05, 0.1) is 0 Å². The molecule has 0 aromatic heterocycles. The van der Waals surface area contributed by atoms with Gasteiger partial charge in [-0.25, -0.2) is 0 Å². The van der Waals surface area contributed by atoms with Gasteiger partial charge in [0.25, 0.3) is 0 Å². The molecule has 0 nitrogen and oxygen atoms in total. The summed E-state index contributed by atoms with van der Waals surface area (Å²) in [5.41, 5.74) is 1.37. The highest BCUT2D eigenvalue weighted by atomic mass is 14.2. The lowest BCUT2D eigenvalue weighted by Crippen LogP contribution is -2.15. The quantitative estimate of drug-likeness (QED) is 0.401. The van der Waals surface area contributed by atoms with Crippen LogP contribution >= 0.6 is 0 Å². The van der Waals surface area contributed by atoms with Crippen LogP contribution in [0.3, 0.4) is 0 Å². The Morgan fingerprint density at radius 1 is 0.938 bits per heavy atom. The van der Waals surface area contributed by atoms with Crippen LogP contribution in [-0.2, 0) is 0 Å². The Labute approximate surface area is 104 Å². The summed E-state index contributed by atoms with van der Waals surface area (Å²) in [7, 11) is 0. The lowest BCUT2D eigenvalue weighted by Gasteiger charge is -2.26.